The third kappa shape index (κ3) is 5.49. The van der Waals surface area contributed by atoms with Crippen molar-refractivity contribution in [2.45, 2.75) is 58.4 Å². The molecule has 1 rings (SSSR count). The summed E-state index contributed by atoms with van der Waals surface area (Å²) in [5.41, 5.74) is -0.866. The van der Waals surface area contributed by atoms with Gasteiger partial charge in [0, 0.05) is 13.2 Å². The Morgan fingerprint density at radius 1 is 1.47 bits per heavy atom. The SMILES string of the molecule is CCNC(C)(CCOCC1CCCC(C)C1)C(=O)O. The predicted octanol–water partition coefficient (Wildman–Crippen LogP) is 2.67. The molecule has 1 aliphatic carbocycles. The van der Waals surface area contributed by atoms with Crippen LogP contribution in [0.15, 0.2) is 0 Å². The Labute approximate surface area is 116 Å². The van der Waals surface area contributed by atoms with Crippen LogP contribution in [-0.2, 0) is 9.53 Å². The maximum absolute atomic E-state index is 11.2. The Morgan fingerprint density at radius 3 is 2.79 bits per heavy atom. The largest absolute Gasteiger partial charge is 0.480 e. The summed E-state index contributed by atoms with van der Waals surface area (Å²) < 4.78 is 5.71. The Kier molecular flexibility index (Phi) is 6.80. The van der Waals surface area contributed by atoms with E-state index < -0.39 is 11.5 Å². The summed E-state index contributed by atoms with van der Waals surface area (Å²) in [4.78, 5) is 11.2. The third-order valence-electron chi connectivity index (χ3n) is 4.18. The fraction of sp³-hybridized carbons (Fsp3) is 0.933. The van der Waals surface area contributed by atoms with E-state index in [1.165, 1.54) is 25.7 Å². The first-order valence-corrected chi connectivity index (χ1v) is 7.54. The average Bonchev–Trinajstić information content (AvgIpc) is 2.35. The van der Waals surface area contributed by atoms with Gasteiger partial charge in [-0.25, -0.2) is 0 Å². The van der Waals surface area contributed by atoms with E-state index in [9.17, 15) is 9.90 Å². The summed E-state index contributed by atoms with van der Waals surface area (Å²) in [7, 11) is 0. The highest BCUT2D eigenvalue weighted by Crippen LogP contribution is 2.28. The number of carboxylic acid groups (broad SMARTS) is 1. The molecule has 0 aromatic carbocycles. The molecule has 112 valence electrons. The van der Waals surface area contributed by atoms with Crippen LogP contribution in [0, 0.1) is 11.8 Å². The maximum Gasteiger partial charge on any atom is 0.323 e. The van der Waals surface area contributed by atoms with E-state index in [0.29, 0.717) is 25.5 Å². The zero-order valence-corrected chi connectivity index (χ0v) is 12.6. The van der Waals surface area contributed by atoms with E-state index in [4.69, 9.17) is 4.74 Å². The summed E-state index contributed by atoms with van der Waals surface area (Å²) >= 11 is 0. The lowest BCUT2D eigenvalue weighted by Crippen LogP contribution is -2.50. The van der Waals surface area contributed by atoms with Crippen LogP contribution in [0.2, 0.25) is 0 Å². The van der Waals surface area contributed by atoms with Crippen molar-refractivity contribution in [3.05, 3.63) is 0 Å². The van der Waals surface area contributed by atoms with Crippen LogP contribution in [0.5, 0.6) is 0 Å². The molecule has 0 heterocycles. The number of nitrogens with one attached hydrogen (secondary N) is 1. The van der Waals surface area contributed by atoms with Gasteiger partial charge in [0.05, 0.1) is 0 Å². The van der Waals surface area contributed by atoms with E-state index >= 15 is 0 Å². The summed E-state index contributed by atoms with van der Waals surface area (Å²) in [5, 5.41) is 12.3. The zero-order chi connectivity index (χ0) is 14.3. The quantitative estimate of drug-likeness (QED) is 0.666. The van der Waals surface area contributed by atoms with E-state index in [0.717, 1.165) is 12.5 Å². The van der Waals surface area contributed by atoms with Gasteiger partial charge in [0.15, 0.2) is 0 Å². The fourth-order valence-corrected chi connectivity index (χ4v) is 2.90. The third-order valence-corrected chi connectivity index (χ3v) is 4.18. The number of carboxylic acids is 1. The summed E-state index contributed by atoms with van der Waals surface area (Å²) in [6, 6.07) is 0. The second-order valence-corrected chi connectivity index (χ2v) is 6.13. The summed E-state index contributed by atoms with van der Waals surface area (Å²) in [5.74, 6) is 0.677. The molecule has 0 bridgehead atoms. The number of hydrogen-bond acceptors (Lipinski definition) is 3. The number of carbonyl (C=O) groups is 1. The first kappa shape index (κ1) is 16.4. The van der Waals surface area contributed by atoms with E-state index in [1.54, 1.807) is 6.92 Å². The molecule has 3 atom stereocenters. The van der Waals surface area contributed by atoms with Crippen molar-refractivity contribution in [1.82, 2.24) is 5.32 Å². The molecule has 3 unspecified atom stereocenters. The van der Waals surface area contributed by atoms with Crippen molar-refractivity contribution in [3.8, 4) is 0 Å². The molecule has 4 heteroatoms. The number of likely N-dealkylation sites (N-methyl/N-ethyl adjacent to an activating group) is 1. The molecule has 4 nitrogen and oxygen atoms in total. The molecule has 1 aliphatic rings. The number of rotatable bonds is 8. The standard InChI is InChI=1S/C15H29NO3/c1-4-16-15(3,14(17)18)8-9-19-11-13-7-5-6-12(2)10-13/h12-13,16H,4-11H2,1-3H3,(H,17,18). The lowest BCUT2D eigenvalue weighted by atomic mass is 9.83. The van der Waals surface area contributed by atoms with Crippen LogP contribution in [0.3, 0.4) is 0 Å². The van der Waals surface area contributed by atoms with Gasteiger partial charge < -0.3 is 15.2 Å². The minimum absolute atomic E-state index is 0.512. The Hall–Kier alpha value is -0.610. The monoisotopic (exact) mass is 271 g/mol. The van der Waals surface area contributed by atoms with Crippen molar-refractivity contribution in [2.24, 2.45) is 11.8 Å². The second kappa shape index (κ2) is 7.85. The predicted molar refractivity (Wildman–Crippen MR) is 76.3 cm³/mol. The highest BCUT2D eigenvalue weighted by molar-refractivity contribution is 5.78. The first-order chi connectivity index (χ1) is 8.98. The van der Waals surface area contributed by atoms with Gasteiger partial charge in [-0.1, -0.05) is 26.7 Å². The van der Waals surface area contributed by atoms with Gasteiger partial charge in [-0.05, 0) is 44.6 Å². The first-order valence-electron chi connectivity index (χ1n) is 7.54. The average molecular weight is 271 g/mol. The van der Waals surface area contributed by atoms with Crippen molar-refractivity contribution in [1.29, 1.82) is 0 Å². The van der Waals surface area contributed by atoms with Crippen LogP contribution in [0.1, 0.15) is 52.9 Å². The normalized spacial score (nSPS) is 26.9. The zero-order valence-electron chi connectivity index (χ0n) is 12.6. The molecule has 1 saturated carbocycles. The molecular weight excluding hydrogens is 242 g/mol. The second-order valence-electron chi connectivity index (χ2n) is 6.13. The molecule has 0 aromatic rings. The molecule has 0 radical (unpaired) electrons. The Balaban J connectivity index is 2.23. The maximum atomic E-state index is 11.2. The van der Waals surface area contributed by atoms with Gasteiger partial charge in [-0.2, -0.15) is 0 Å². The molecule has 0 aliphatic heterocycles. The van der Waals surface area contributed by atoms with Gasteiger partial charge in [0.25, 0.3) is 0 Å². The van der Waals surface area contributed by atoms with Gasteiger partial charge >= 0.3 is 5.97 Å². The van der Waals surface area contributed by atoms with Crippen molar-refractivity contribution in [3.63, 3.8) is 0 Å². The minimum atomic E-state index is -0.866. The van der Waals surface area contributed by atoms with Gasteiger partial charge in [0.2, 0.25) is 0 Å². The molecular formula is C15H29NO3. The molecule has 0 amide bonds. The van der Waals surface area contributed by atoms with Crippen LogP contribution >= 0.6 is 0 Å². The summed E-state index contributed by atoms with van der Waals surface area (Å²) in [6.45, 7) is 7.91. The molecule has 0 saturated heterocycles. The van der Waals surface area contributed by atoms with Gasteiger partial charge in [-0.3, -0.25) is 4.79 Å². The minimum Gasteiger partial charge on any atom is -0.480 e. The number of aliphatic carboxylic acids is 1. The Morgan fingerprint density at radius 2 is 2.21 bits per heavy atom. The molecule has 1 fully saturated rings. The molecule has 0 spiro atoms. The van der Waals surface area contributed by atoms with E-state index in [-0.39, 0.29) is 0 Å². The smallest absolute Gasteiger partial charge is 0.323 e. The van der Waals surface area contributed by atoms with E-state index in [2.05, 4.69) is 12.2 Å². The molecule has 2 N–H and O–H groups in total. The van der Waals surface area contributed by atoms with Crippen LogP contribution in [-0.4, -0.2) is 36.4 Å². The topological polar surface area (TPSA) is 58.6 Å². The van der Waals surface area contributed by atoms with Crippen LogP contribution in [0.25, 0.3) is 0 Å². The van der Waals surface area contributed by atoms with E-state index in [1.807, 2.05) is 6.92 Å². The lowest BCUT2D eigenvalue weighted by Gasteiger charge is -2.28. The lowest BCUT2D eigenvalue weighted by molar-refractivity contribution is -0.145. The van der Waals surface area contributed by atoms with Gasteiger partial charge in [-0.15, -0.1) is 0 Å². The fourth-order valence-electron chi connectivity index (χ4n) is 2.90. The van der Waals surface area contributed by atoms with Crippen molar-refractivity contribution < 1.29 is 14.6 Å². The number of ether oxygens (including phenoxy) is 1. The number of hydrogen-bond donors (Lipinski definition) is 2. The van der Waals surface area contributed by atoms with Crippen LogP contribution < -0.4 is 5.32 Å². The van der Waals surface area contributed by atoms with Crippen molar-refractivity contribution >= 4 is 5.97 Å². The van der Waals surface area contributed by atoms with Gasteiger partial charge in [0.1, 0.15) is 5.54 Å². The van der Waals surface area contributed by atoms with Crippen molar-refractivity contribution in [2.75, 3.05) is 19.8 Å². The van der Waals surface area contributed by atoms with Crippen LogP contribution in [0.4, 0.5) is 0 Å². The molecule has 0 aromatic heterocycles. The Bertz CT molecular complexity index is 283. The highest BCUT2D eigenvalue weighted by Gasteiger charge is 2.31. The highest BCUT2D eigenvalue weighted by atomic mass is 16.5. The molecule has 19 heavy (non-hydrogen) atoms. The summed E-state index contributed by atoms with van der Waals surface area (Å²) in [6.07, 6.45) is 5.67.